The van der Waals surface area contributed by atoms with E-state index >= 15 is 0 Å². The molecule has 106 valence electrons. The van der Waals surface area contributed by atoms with Gasteiger partial charge >= 0.3 is 0 Å². The number of fused-ring (bicyclic) bond motifs is 2. The number of nitrogen functional groups attached to an aromatic ring is 1. The Kier molecular flexibility index (Phi) is 3.03. The van der Waals surface area contributed by atoms with E-state index in [2.05, 4.69) is 26.4 Å². The van der Waals surface area contributed by atoms with E-state index < -0.39 is 0 Å². The number of pyridine rings is 1. The lowest BCUT2D eigenvalue weighted by molar-refractivity contribution is 0.109. The van der Waals surface area contributed by atoms with Crippen LogP contribution in [0, 0.1) is 0 Å². The van der Waals surface area contributed by atoms with Crippen molar-refractivity contribution in [3.05, 3.63) is 35.0 Å². The molecule has 0 aromatic carbocycles. The first kappa shape index (κ1) is 12.6. The molecule has 7 heteroatoms. The summed E-state index contributed by atoms with van der Waals surface area (Å²) >= 11 is 1.66. The molecular formula is C14H13N5OS. The van der Waals surface area contributed by atoms with Crippen molar-refractivity contribution in [2.24, 2.45) is 5.84 Å². The topological polar surface area (TPSA) is 86.0 Å². The first-order valence-electron chi connectivity index (χ1n) is 6.63. The van der Waals surface area contributed by atoms with Gasteiger partial charge in [0, 0.05) is 23.7 Å². The van der Waals surface area contributed by atoms with Crippen LogP contribution in [0.3, 0.4) is 0 Å². The maximum Gasteiger partial charge on any atom is 0.163 e. The number of thiophene rings is 1. The highest BCUT2D eigenvalue weighted by atomic mass is 32.1. The second kappa shape index (κ2) is 5.03. The maximum absolute atomic E-state index is 5.59. The minimum atomic E-state index is 0.497. The number of nitrogens with two attached hydrogens (primary N) is 1. The van der Waals surface area contributed by atoms with Crippen LogP contribution in [0.5, 0.6) is 0 Å². The molecule has 0 fully saturated rings. The van der Waals surface area contributed by atoms with Crippen LogP contribution < -0.4 is 11.3 Å². The van der Waals surface area contributed by atoms with Crippen molar-refractivity contribution in [1.29, 1.82) is 0 Å². The Morgan fingerprint density at radius 1 is 1.33 bits per heavy atom. The summed E-state index contributed by atoms with van der Waals surface area (Å²) in [5, 5.41) is 2.03. The molecule has 3 N–H and O–H groups in total. The Balaban J connectivity index is 1.87. The van der Waals surface area contributed by atoms with E-state index in [-0.39, 0.29) is 0 Å². The lowest BCUT2D eigenvalue weighted by atomic mass is 10.1. The summed E-state index contributed by atoms with van der Waals surface area (Å²) in [7, 11) is 0. The van der Waals surface area contributed by atoms with Crippen LogP contribution in [0.1, 0.15) is 11.3 Å². The van der Waals surface area contributed by atoms with E-state index in [9.17, 15) is 0 Å². The number of nitrogens with zero attached hydrogens (tertiary/aromatic N) is 3. The molecule has 3 aromatic heterocycles. The Morgan fingerprint density at radius 2 is 2.29 bits per heavy atom. The van der Waals surface area contributed by atoms with Crippen molar-refractivity contribution in [1.82, 2.24) is 15.0 Å². The molecule has 0 aliphatic carbocycles. The van der Waals surface area contributed by atoms with Crippen molar-refractivity contribution in [3.8, 4) is 11.4 Å². The maximum atomic E-state index is 5.59. The molecule has 0 bridgehead atoms. The number of anilines is 1. The summed E-state index contributed by atoms with van der Waals surface area (Å²) in [5.41, 5.74) is 6.47. The number of aromatic nitrogens is 3. The van der Waals surface area contributed by atoms with Gasteiger partial charge in [0.25, 0.3) is 0 Å². The lowest BCUT2D eigenvalue weighted by Gasteiger charge is -2.19. The Bertz CT molecular complexity index is 799. The fourth-order valence-electron chi connectivity index (χ4n) is 2.45. The molecule has 0 amide bonds. The highest BCUT2D eigenvalue weighted by Crippen LogP contribution is 2.28. The van der Waals surface area contributed by atoms with Crippen LogP contribution in [0.25, 0.3) is 21.6 Å². The molecule has 1 aliphatic rings. The second-order valence-electron chi connectivity index (χ2n) is 4.80. The predicted octanol–water partition coefficient (Wildman–Crippen LogP) is 2.11. The predicted molar refractivity (Wildman–Crippen MR) is 81.8 cm³/mol. The van der Waals surface area contributed by atoms with E-state index in [0.29, 0.717) is 24.9 Å². The first-order chi connectivity index (χ1) is 10.3. The standard InChI is InChI=1S/C14H13N5OS/c15-19-14-9-7-20-3-1-10(9)17-13(18-14)8-5-12-11(16-6-8)2-4-21-12/h2,4-6H,1,3,7,15H2,(H,17,18,19). The fraction of sp³-hybridized carbons (Fsp3) is 0.214. The van der Waals surface area contributed by atoms with Crippen molar-refractivity contribution >= 4 is 27.4 Å². The van der Waals surface area contributed by atoms with Crippen LogP contribution in [0.2, 0.25) is 0 Å². The first-order valence-corrected chi connectivity index (χ1v) is 7.51. The molecule has 6 nitrogen and oxygen atoms in total. The van der Waals surface area contributed by atoms with Gasteiger partial charge < -0.3 is 10.2 Å². The quantitative estimate of drug-likeness (QED) is 0.557. The lowest BCUT2D eigenvalue weighted by Crippen LogP contribution is -2.19. The number of ether oxygens (including phenoxy) is 1. The minimum Gasteiger partial charge on any atom is -0.376 e. The molecule has 4 rings (SSSR count). The van der Waals surface area contributed by atoms with Gasteiger partial charge in [-0.15, -0.1) is 11.3 Å². The van der Waals surface area contributed by atoms with Crippen molar-refractivity contribution in [2.45, 2.75) is 13.0 Å². The van der Waals surface area contributed by atoms with Crippen molar-refractivity contribution < 1.29 is 4.74 Å². The van der Waals surface area contributed by atoms with E-state index in [1.54, 1.807) is 17.5 Å². The van der Waals surface area contributed by atoms with E-state index in [1.807, 2.05) is 11.4 Å². The van der Waals surface area contributed by atoms with E-state index in [1.165, 1.54) is 0 Å². The number of hydrazine groups is 1. The van der Waals surface area contributed by atoms with Gasteiger partial charge in [0.1, 0.15) is 5.82 Å². The van der Waals surface area contributed by atoms with Gasteiger partial charge in [-0.25, -0.2) is 15.8 Å². The van der Waals surface area contributed by atoms with Gasteiger partial charge in [-0.3, -0.25) is 4.98 Å². The van der Waals surface area contributed by atoms with Crippen LogP contribution in [-0.2, 0) is 17.8 Å². The molecule has 21 heavy (non-hydrogen) atoms. The zero-order valence-electron chi connectivity index (χ0n) is 11.2. The second-order valence-corrected chi connectivity index (χ2v) is 5.74. The average Bonchev–Trinajstić information content (AvgIpc) is 3.01. The summed E-state index contributed by atoms with van der Waals surface area (Å²) in [6, 6.07) is 4.07. The third-order valence-electron chi connectivity index (χ3n) is 3.52. The molecule has 4 heterocycles. The molecule has 1 aliphatic heterocycles. The number of hydrogen-bond acceptors (Lipinski definition) is 7. The number of nitrogens with one attached hydrogen (secondary N) is 1. The zero-order valence-corrected chi connectivity index (χ0v) is 12.0. The summed E-state index contributed by atoms with van der Waals surface area (Å²) in [6.07, 6.45) is 2.57. The van der Waals surface area contributed by atoms with Crippen molar-refractivity contribution in [3.63, 3.8) is 0 Å². The van der Waals surface area contributed by atoms with Gasteiger partial charge in [0.2, 0.25) is 0 Å². The summed E-state index contributed by atoms with van der Waals surface area (Å²) < 4.78 is 6.57. The molecular weight excluding hydrogens is 286 g/mol. The van der Waals surface area contributed by atoms with Gasteiger partial charge in [-0.05, 0) is 17.5 Å². The molecule has 0 spiro atoms. The molecule has 0 saturated carbocycles. The highest BCUT2D eigenvalue weighted by Gasteiger charge is 2.18. The SMILES string of the molecule is NNc1nc(-c2cnc3ccsc3c2)nc2c1COCC2. The van der Waals surface area contributed by atoms with Crippen LogP contribution in [0.4, 0.5) is 5.82 Å². The van der Waals surface area contributed by atoms with Crippen LogP contribution in [-0.4, -0.2) is 21.6 Å². The smallest absolute Gasteiger partial charge is 0.163 e. The minimum absolute atomic E-state index is 0.497. The molecule has 0 saturated heterocycles. The Hall–Kier alpha value is -2.09. The largest absolute Gasteiger partial charge is 0.376 e. The monoisotopic (exact) mass is 299 g/mol. The zero-order chi connectivity index (χ0) is 14.2. The van der Waals surface area contributed by atoms with Gasteiger partial charge in [0.05, 0.1) is 29.1 Å². The molecule has 3 aromatic rings. The Morgan fingerprint density at radius 3 is 3.19 bits per heavy atom. The third kappa shape index (κ3) is 2.15. The van der Waals surface area contributed by atoms with Gasteiger partial charge in [-0.1, -0.05) is 0 Å². The van der Waals surface area contributed by atoms with E-state index in [0.717, 1.165) is 33.5 Å². The normalized spacial score (nSPS) is 14.1. The molecule has 0 unspecified atom stereocenters. The Labute approximate surface area is 125 Å². The molecule has 0 atom stereocenters. The number of hydrogen-bond donors (Lipinski definition) is 2. The number of rotatable bonds is 2. The average molecular weight is 299 g/mol. The van der Waals surface area contributed by atoms with Gasteiger partial charge in [-0.2, -0.15) is 0 Å². The van der Waals surface area contributed by atoms with Crippen LogP contribution in [0.15, 0.2) is 23.7 Å². The molecule has 0 radical (unpaired) electrons. The van der Waals surface area contributed by atoms with Crippen molar-refractivity contribution in [2.75, 3.05) is 12.0 Å². The fourth-order valence-corrected chi connectivity index (χ4v) is 3.23. The summed E-state index contributed by atoms with van der Waals surface area (Å²) in [6.45, 7) is 1.17. The highest BCUT2D eigenvalue weighted by molar-refractivity contribution is 7.17. The summed E-state index contributed by atoms with van der Waals surface area (Å²) in [5.74, 6) is 6.86. The van der Waals surface area contributed by atoms with Crippen LogP contribution >= 0.6 is 11.3 Å². The third-order valence-corrected chi connectivity index (χ3v) is 4.37. The summed E-state index contributed by atoms with van der Waals surface area (Å²) in [4.78, 5) is 13.6. The van der Waals surface area contributed by atoms with Gasteiger partial charge in [0.15, 0.2) is 5.82 Å². The van der Waals surface area contributed by atoms with E-state index in [4.69, 9.17) is 10.6 Å².